The Bertz CT molecular complexity index is 216. The molecule has 0 bridgehead atoms. The van der Waals surface area contributed by atoms with Crippen LogP contribution in [-0.2, 0) is 4.79 Å². The van der Waals surface area contributed by atoms with Crippen molar-refractivity contribution in [2.75, 3.05) is 13.1 Å². The summed E-state index contributed by atoms with van der Waals surface area (Å²) in [5, 5.41) is 9.18. The molecule has 0 radical (unpaired) electrons. The highest BCUT2D eigenvalue weighted by Crippen LogP contribution is 2.23. The normalized spacial score (nSPS) is 30.3. The van der Waals surface area contributed by atoms with E-state index in [0.717, 1.165) is 18.8 Å². The highest BCUT2D eigenvalue weighted by atomic mass is 16.3. The number of hydrogen-bond acceptors (Lipinski definition) is 3. The minimum atomic E-state index is -0.812. The van der Waals surface area contributed by atoms with Crippen molar-refractivity contribution in [2.45, 2.75) is 18.9 Å². The molecule has 0 spiro atoms. The molecule has 0 aromatic carbocycles. The highest BCUT2D eigenvalue weighted by Gasteiger charge is 2.33. The van der Waals surface area contributed by atoms with Crippen LogP contribution in [0.25, 0.3) is 0 Å². The maximum atomic E-state index is 10.6. The highest BCUT2D eigenvalue weighted by molar-refractivity contribution is 6.03. The zero-order valence-electron chi connectivity index (χ0n) is 6.29. The molecule has 0 amide bonds. The number of carbonyl (C=O) groups is 1. The Morgan fingerprint density at radius 2 is 2.09 bits per heavy atom. The Balaban J connectivity index is 2.06. The van der Waals surface area contributed by atoms with Gasteiger partial charge in [-0.2, -0.15) is 0 Å². The van der Waals surface area contributed by atoms with Gasteiger partial charge in [0.25, 0.3) is 0 Å². The van der Waals surface area contributed by atoms with E-state index in [1.165, 1.54) is 18.9 Å². The summed E-state index contributed by atoms with van der Waals surface area (Å²) in [7, 11) is 0. The van der Waals surface area contributed by atoms with Gasteiger partial charge in [-0.05, 0) is 12.8 Å². The van der Waals surface area contributed by atoms with E-state index < -0.39 is 6.10 Å². The first-order valence-corrected chi connectivity index (χ1v) is 3.97. The Morgan fingerprint density at radius 1 is 1.45 bits per heavy atom. The van der Waals surface area contributed by atoms with E-state index in [-0.39, 0.29) is 5.78 Å². The van der Waals surface area contributed by atoms with Crippen molar-refractivity contribution in [3.05, 3.63) is 11.8 Å². The average molecular weight is 153 g/mol. The minimum Gasteiger partial charge on any atom is -0.379 e. The number of aliphatic hydroxyl groups is 1. The second-order valence-electron chi connectivity index (χ2n) is 3.07. The molecule has 11 heavy (non-hydrogen) atoms. The molecule has 3 heteroatoms. The fourth-order valence-electron chi connectivity index (χ4n) is 1.59. The molecule has 60 valence electrons. The summed E-state index contributed by atoms with van der Waals surface area (Å²) in [4.78, 5) is 12.7. The second-order valence-corrected chi connectivity index (χ2v) is 3.07. The van der Waals surface area contributed by atoms with Crippen LogP contribution in [0.1, 0.15) is 12.8 Å². The van der Waals surface area contributed by atoms with E-state index in [2.05, 4.69) is 4.90 Å². The Labute approximate surface area is 65.3 Å². The van der Waals surface area contributed by atoms with Crippen LogP contribution in [-0.4, -0.2) is 35.0 Å². The molecule has 3 nitrogen and oxygen atoms in total. The minimum absolute atomic E-state index is 0.146. The third kappa shape index (κ3) is 0.959. The predicted molar refractivity (Wildman–Crippen MR) is 39.9 cm³/mol. The quantitative estimate of drug-likeness (QED) is 0.572. The maximum absolute atomic E-state index is 10.6. The van der Waals surface area contributed by atoms with E-state index in [4.69, 9.17) is 0 Å². The van der Waals surface area contributed by atoms with Gasteiger partial charge in [0.1, 0.15) is 0 Å². The van der Waals surface area contributed by atoms with Gasteiger partial charge in [-0.25, -0.2) is 0 Å². The summed E-state index contributed by atoms with van der Waals surface area (Å²) in [6.07, 6.45) is 3.08. The van der Waals surface area contributed by atoms with E-state index >= 15 is 0 Å². The fourth-order valence-corrected chi connectivity index (χ4v) is 1.59. The standard InChI is InChI=1S/C8H11NO2/c10-7-5-6(8(7)11)9-3-1-2-4-9/h5,8,11H,1-4H2. The Hall–Kier alpha value is -0.830. The molecule has 0 aromatic rings. The maximum Gasteiger partial charge on any atom is 0.191 e. The molecule has 1 saturated heterocycles. The van der Waals surface area contributed by atoms with Gasteiger partial charge in [-0.15, -0.1) is 0 Å². The van der Waals surface area contributed by atoms with Crippen molar-refractivity contribution in [3.63, 3.8) is 0 Å². The van der Waals surface area contributed by atoms with Gasteiger partial charge in [0.05, 0.1) is 5.70 Å². The van der Waals surface area contributed by atoms with Gasteiger partial charge in [0.15, 0.2) is 11.9 Å². The van der Waals surface area contributed by atoms with E-state index in [1.54, 1.807) is 0 Å². The number of carbonyl (C=O) groups excluding carboxylic acids is 1. The molecule has 1 atom stereocenters. The lowest BCUT2D eigenvalue weighted by Crippen LogP contribution is -2.39. The van der Waals surface area contributed by atoms with Crippen LogP contribution in [0.5, 0.6) is 0 Å². The van der Waals surface area contributed by atoms with Crippen molar-refractivity contribution in [2.24, 2.45) is 0 Å². The largest absolute Gasteiger partial charge is 0.379 e. The van der Waals surface area contributed by atoms with Gasteiger partial charge in [-0.1, -0.05) is 0 Å². The number of ketones is 1. The van der Waals surface area contributed by atoms with Gasteiger partial charge in [-0.3, -0.25) is 4.79 Å². The first kappa shape index (κ1) is 6.85. The SMILES string of the molecule is O=C1C=C(N2CCCC2)C1O. The summed E-state index contributed by atoms with van der Waals surface area (Å²) in [5.41, 5.74) is 0.826. The molecule has 1 N–H and O–H groups in total. The molecule has 2 aliphatic rings. The zero-order valence-corrected chi connectivity index (χ0v) is 6.29. The van der Waals surface area contributed by atoms with Crippen LogP contribution in [0.15, 0.2) is 11.8 Å². The topological polar surface area (TPSA) is 40.5 Å². The molecule has 0 aromatic heterocycles. The van der Waals surface area contributed by atoms with E-state index in [0.29, 0.717) is 0 Å². The summed E-state index contributed by atoms with van der Waals surface area (Å²) in [6, 6.07) is 0. The number of likely N-dealkylation sites (tertiary alicyclic amines) is 1. The third-order valence-corrected chi connectivity index (χ3v) is 2.31. The van der Waals surface area contributed by atoms with Crippen molar-refractivity contribution in [1.82, 2.24) is 4.90 Å². The number of hydrogen-bond donors (Lipinski definition) is 1. The molecule has 1 fully saturated rings. The lowest BCUT2D eigenvalue weighted by Gasteiger charge is -2.29. The molecule has 2 rings (SSSR count). The van der Waals surface area contributed by atoms with Crippen molar-refractivity contribution < 1.29 is 9.90 Å². The van der Waals surface area contributed by atoms with Crippen LogP contribution in [0.4, 0.5) is 0 Å². The molecular weight excluding hydrogens is 142 g/mol. The first-order chi connectivity index (χ1) is 5.29. The van der Waals surface area contributed by atoms with Crippen LogP contribution in [0, 0.1) is 0 Å². The van der Waals surface area contributed by atoms with Crippen LogP contribution >= 0.6 is 0 Å². The summed E-state index contributed by atoms with van der Waals surface area (Å²) < 4.78 is 0. The van der Waals surface area contributed by atoms with Gasteiger partial charge in [0.2, 0.25) is 0 Å². The fraction of sp³-hybridized carbons (Fsp3) is 0.625. The van der Waals surface area contributed by atoms with E-state index in [1.807, 2.05) is 0 Å². The number of nitrogens with zero attached hydrogens (tertiary/aromatic N) is 1. The summed E-state index contributed by atoms with van der Waals surface area (Å²) in [6.45, 7) is 1.99. The van der Waals surface area contributed by atoms with E-state index in [9.17, 15) is 9.90 Å². The number of aliphatic hydroxyl groups excluding tert-OH is 1. The molecular formula is C8H11NO2. The summed E-state index contributed by atoms with van der Waals surface area (Å²) >= 11 is 0. The lowest BCUT2D eigenvalue weighted by molar-refractivity contribution is -0.124. The van der Waals surface area contributed by atoms with Crippen molar-refractivity contribution in [3.8, 4) is 0 Å². The smallest absolute Gasteiger partial charge is 0.191 e. The molecule has 0 saturated carbocycles. The molecule has 1 aliphatic carbocycles. The number of rotatable bonds is 1. The summed E-state index contributed by atoms with van der Waals surface area (Å²) in [5.74, 6) is -0.146. The Kier molecular flexibility index (Phi) is 1.46. The second kappa shape index (κ2) is 2.34. The molecule has 1 unspecified atom stereocenters. The van der Waals surface area contributed by atoms with Gasteiger partial charge < -0.3 is 10.0 Å². The van der Waals surface area contributed by atoms with Crippen molar-refractivity contribution >= 4 is 5.78 Å². The molecule has 1 aliphatic heterocycles. The molecule has 1 heterocycles. The lowest BCUT2D eigenvalue weighted by atomic mass is 9.99. The van der Waals surface area contributed by atoms with Gasteiger partial charge >= 0.3 is 0 Å². The third-order valence-electron chi connectivity index (χ3n) is 2.31. The zero-order chi connectivity index (χ0) is 7.84. The van der Waals surface area contributed by atoms with Crippen LogP contribution < -0.4 is 0 Å². The predicted octanol–water partition coefficient (Wildman–Crippen LogP) is -0.0903. The van der Waals surface area contributed by atoms with Crippen molar-refractivity contribution in [1.29, 1.82) is 0 Å². The van der Waals surface area contributed by atoms with Crippen LogP contribution in [0.3, 0.4) is 0 Å². The monoisotopic (exact) mass is 153 g/mol. The first-order valence-electron chi connectivity index (χ1n) is 3.97. The Morgan fingerprint density at radius 3 is 2.55 bits per heavy atom. The van der Waals surface area contributed by atoms with Gasteiger partial charge in [0, 0.05) is 19.2 Å². The average Bonchev–Trinajstić information content (AvgIpc) is 2.51. The van der Waals surface area contributed by atoms with Crippen LogP contribution in [0.2, 0.25) is 0 Å².